The third-order valence-electron chi connectivity index (χ3n) is 0.733. The number of hydrogen-bond acceptors (Lipinski definition) is 1. The van der Waals surface area contributed by atoms with Gasteiger partial charge in [0, 0.05) is 0 Å². The monoisotopic (exact) mass is 153 g/mol. The van der Waals surface area contributed by atoms with Crippen LogP contribution in [0, 0.1) is 5.82 Å². The van der Waals surface area contributed by atoms with Gasteiger partial charge in [-0.25, -0.2) is 4.39 Å². The Hall–Kier alpha value is -1.21. The van der Waals surface area contributed by atoms with Gasteiger partial charge in [0.2, 0.25) is 0 Å². The van der Waals surface area contributed by atoms with Gasteiger partial charge < -0.3 is 7.96 Å². The first-order valence-electron chi connectivity index (χ1n) is 2.59. The fourth-order valence-electron chi connectivity index (χ4n) is 0.415. The summed E-state index contributed by atoms with van der Waals surface area (Å²) in [6.07, 6.45) is 0. The van der Waals surface area contributed by atoms with Crippen LogP contribution >= 0.6 is 0 Å². The molecular formula is C7H9BeFO2. The van der Waals surface area contributed by atoms with Crippen LogP contribution in [0.4, 0.5) is 4.39 Å². The van der Waals surface area contributed by atoms with E-state index in [1.165, 1.54) is 12.1 Å². The maximum absolute atomic E-state index is 11.9. The molecule has 1 N–H and O–H groups in total. The van der Waals surface area contributed by atoms with E-state index in [4.69, 9.17) is 9.90 Å². The Bertz CT molecular complexity index is 187. The molecule has 0 aliphatic heterocycles. The molecule has 0 fully saturated rings. The number of halogens is 1. The average Bonchev–Trinajstić information content (AvgIpc) is 1.91. The smallest absolute Gasteiger partial charge is 1.00 e. The van der Waals surface area contributed by atoms with Crippen LogP contribution in [-0.2, 0) is 4.79 Å². The van der Waals surface area contributed by atoms with E-state index in [2.05, 4.69) is 0 Å². The summed E-state index contributed by atoms with van der Waals surface area (Å²) in [6, 6.07) is 7.94. The molecule has 1 aromatic rings. The largest absolute Gasteiger partial charge is 2.00 e. The van der Waals surface area contributed by atoms with Crippen molar-refractivity contribution >= 4 is 16.6 Å². The van der Waals surface area contributed by atoms with Crippen LogP contribution < -0.4 is 0 Å². The number of rotatable bonds is 0. The summed E-state index contributed by atoms with van der Waals surface area (Å²) in [6.45, 7) is -0.250. The third-order valence-corrected chi connectivity index (χ3v) is 0.733. The standard InChI is InChI=1S/C6H5F.CH2O2.Be.2H/c7-6-4-2-1-3-5-6;2-1-3;;;/h1-5H;1H,(H,2,3);;;/q;;+2;2*-1. The fourth-order valence-corrected chi connectivity index (χ4v) is 0.415. The molecular weight excluding hydrogens is 144 g/mol. The number of benzene rings is 1. The summed E-state index contributed by atoms with van der Waals surface area (Å²) in [5, 5.41) is 6.89. The predicted octanol–water partition coefficient (Wildman–Crippen LogP) is 1.37. The molecule has 4 heteroatoms. The molecule has 0 spiro atoms. The Kier molecular flexibility index (Phi) is 9.96. The molecule has 0 radical (unpaired) electrons. The van der Waals surface area contributed by atoms with Crippen LogP contribution in [0.1, 0.15) is 2.85 Å². The van der Waals surface area contributed by atoms with Crippen LogP contribution in [0.3, 0.4) is 0 Å². The van der Waals surface area contributed by atoms with Crippen molar-refractivity contribution in [2.24, 2.45) is 0 Å². The van der Waals surface area contributed by atoms with Gasteiger partial charge in [-0.2, -0.15) is 0 Å². The zero-order valence-corrected chi connectivity index (χ0v) is 5.90. The zero-order valence-electron chi connectivity index (χ0n) is 7.90. The molecule has 11 heavy (non-hydrogen) atoms. The Morgan fingerprint density at radius 2 is 1.73 bits per heavy atom. The molecule has 0 aliphatic rings. The van der Waals surface area contributed by atoms with E-state index in [0.717, 1.165) is 0 Å². The van der Waals surface area contributed by atoms with Crippen molar-refractivity contribution in [3.05, 3.63) is 36.1 Å². The zero-order chi connectivity index (χ0) is 7.82. The topological polar surface area (TPSA) is 37.3 Å². The molecule has 0 amide bonds. The second-order valence-electron chi connectivity index (χ2n) is 1.40. The van der Waals surface area contributed by atoms with Crippen molar-refractivity contribution in [1.29, 1.82) is 0 Å². The van der Waals surface area contributed by atoms with Crippen LogP contribution in [0.25, 0.3) is 0 Å². The van der Waals surface area contributed by atoms with E-state index in [1.807, 2.05) is 0 Å². The molecule has 0 aromatic heterocycles. The Balaban J connectivity index is -0.0000000615. The molecule has 0 saturated heterocycles. The van der Waals surface area contributed by atoms with E-state index in [-0.39, 0.29) is 25.3 Å². The van der Waals surface area contributed by atoms with Gasteiger partial charge in [0.05, 0.1) is 0 Å². The van der Waals surface area contributed by atoms with E-state index in [0.29, 0.717) is 0 Å². The van der Waals surface area contributed by atoms with Gasteiger partial charge in [-0.15, -0.1) is 0 Å². The number of carboxylic acid groups (broad SMARTS) is 1. The van der Waals surface area contributed by atoms with Crippen LogP contribution in [0.15, 0.2) is 30.3 Å². The van der Waals surface area contributed by atoms with Gasteiger partial charge in [-0.3, -0.25) is 4.79 Å². The van der Waals surface area contributed by atoms with Gasteiger partial charge in [-0.05, 0) is 12.1 Å². The van der Waals surface area contributed by atoms with Gasteiger partial charge >= 0.3 is 10.1 Å². The van der Waals surface area contributed by atoms with Gasteiger partial charge in [0.15, 0.2) is 0 Å². The van der Waals surface area contributed by atoms with Crippen LogP contribution in [0.5, 0.6) is 0 Å². The Morgan fingerprint density at radius 3 is 1.91 bits per heavy atom. The third kappa shape index (κ3) is 8.79. The molecule has 2 nitrogen and oxygen atoms in total. The minimum atomic E-state index is -0.250. The van der Waals surface area contributed by atoms with Crippen molar-refractivity contribution in [1.82, 2.24) is 0 Å². The van der Waals surface area contributed by atoms with Crippen molar-refractivity contribution in [2.45, 2.75) is 0 Å². The van der Waals surface area contributed by atoms with E-state index in [1.54, 1.807) is 18.2 Å². The van der Waals surface area contributed by atoms with Crippen molar-refractivity contribution < 1.29 is 17.1 Å². The SMILES string of the molecule is Fc1ccccc1.O=CO.[Be+2].[H-].[H-]. The molecule has 0 bridgehead atoms. The molecule has 1 aromatic carbocycles. The number of carbonyl (C=O) groups is 1. The molecule has 0 saturated carbocycles. The van der Waals surface area contributed by atoms with Gasteiger partial charge in [0.1, 0.15) is 5.82 Å². The van der Waals surface area contributed by atoms with Crippen LogP contribution in [-0.4, -0.2) is 21.7 Å². The minimum Gasteiger partial charge on any atom is -1.00 e. The summed E-state index contributed by atoms with van der Waals surface area (Å²) in [5.41, 5.74) is 0. The second kappa shape index (κ2) is 8.79. The van der Waals surface area contributed by atoms with Crippen molar-refractivity contribution in [3.63, 3.8) is 0 Å². The van der Waals surface area contributed by atoms with Crippen molar-refractivity contribution in [3.8, 4) is 0 Å². The minimum absolute atomic E-state index is 0. The van der Waals surface area contributed by atoms with Gasteiger partial charge in [-0.1, -0.05) is 18.2 Å². The average molecular weight is 153 g/mol. The predicted molar refractivity (Wildman–Crippen MR) is 43.1 cm³/mol. The maximum atomic E-state index is 11.9. The summed E-state index contributed by atoms with van der Waals surface area (Å²) in [7, 11) is 0. The van der Waals surface area contributed by atoms with E-state index < -0.39 is 0 Å². The molecule has 58 valence electrons. The van der Waals surface area contributed by atoms with Crippen molar-refractivity contribution in [2.75, 3.05) is 0 Å². The first kappa shape index (κ1) is 12.5. The molecule has 1 rings (SSSR count). The summed E-state index contributed by atoms with van der Waals surface area (Å²) in [4.78, 5) is 8.36. The molecule has 0 heterocycles. The van der Waals surface area contributed by atoms with E-state index >= 15 is 0 Å². The quantitative estimate of drug-likeness (QED) is 0.451. The second-order valence-corrected chi connectivity index (χ2v) is 1.40. The van der Waals surface area contributed by atoms with Crippen LogP contribution in [0.2, 0.25) is 0 Å². The first-order chi connectivity index (χ1) is 4.81. The summed E-state index contributed by atoms with van der Waals surface area (Å²) in [5.74, 6) is -0.178. The molecule has 0 unspecified atom stereocenters. The summed E-state index contributed by atoms with van der Waals surface area (Å²) >= 11 is 0. The van der Waals surface area contributed by atoms with Gasteiger partial charge in [0.25, 0.3) is 6.47 Å². The fraction of sp³-hybridized carbons (Fsp3) is 0. The van der Waals surface area contributed by atoms with E-state index in [9.17, 15) is 4.39 Å². The Labute approximate surface area is 70.9 Å². The molecule has 0 aliphatic carbocycles. The summed E-state index contributed by atoms with van der Waals surface area (Å²) < 4.78 is 11.9. The maximum Gasteiger partial charge on any atom is 2.00 e. The molecule has 0 atom stereocenters. The normalized spacial score (nSPS) is 6.64. The first-order valence-corrected chi connectivity index (χ1v) is 2.59. The number of hydrogen-bond donors (Lipinski definition) is 1. The Morgan fingerprint density at radius 1 is 1.36 bits per heavy atom.